The molecule has 0 saturated carbocycles. The smallest absolute Gasteiger partial charge is 0.247 e. The van der Waals surface area contributed by atoms with Crippen LogP contribution in [-0.2, 0) is 4.74 Å². The molecule has 1 aliphatic rings. The second-order valence-electron chi connectivity index (χ2n) is 6.84. The Bertz CT molecular complexity index is 1090. The zero-order chi connectivity index (χ0) is 18.2. The summed E-state index contributed by atoms with van der Waals surface area (Å²) in [4.78, 5) is 4.60. The van der Waals surface area contributed by atoms with E-state index in [1.54, 1.807) is 6.20 Å². The number of aryl methyl sites for hydroxylation is 1. The third-order valence-electron chi connectivity index (χ3n) is 4.81. The molecule has 5 rings (SSSR count). The molecule has 1 atom stereocenters. The SMILES string of the molecule is Cc1cccc(-c2cccc3nc(Nc4cnn(C5CCOC5)c4)nn23)c1. The van der Waals surface area contributed by atoms with Crippen LogP contribution in [0.25, 0.3) is 16.9 Å². The minimum absolute atomic E-state index is 0.308. The van der Waals surface area contributed by atoms with Gasteiger partial charge in [-0.15, -0.1) is 5.10 Å². The van der Waals surface area contributed by atoms with Crippen molar-refractivity contribution in [3.8, 4) is 11.3 Å². The number of ether oxygens (including phenoxy) is 1. The van der Waals surface area contributed by atoms with Crippen LogP contribution in [0.5, 0.6) is 0 Å². The van der Waals surface area contributed by atoms with Gasteiger partial charge in [-0.1, -0.05) is 29.8 Å². The zero-order valence-corrected chi connectivity index (χ0v) is 15.0. The highest BCUT2D eigenvalue weighted by Gasteiger charge is 2.18. The van der Waals surface area contributed by atoms with Gasteiger partial charge in [0.1, 0.15) is 0 Å². The van der Waals surface area contributed by atoms with Crippen LogP contribution in [0.3, 0.4) is 0 Å². The summed E-state index contributed by atoms with van der Waals surface area (Å²) in [5.74, 6) is 0.553. The maximum Gasteiger partial charge on any atom is 0.247 e. The first kappa shape index (κ1) is 16.0. The molecule has 0 radical (unpaired) electrons. The van der Waals surface area contributed by atoms with E-state index in [2.05, 4.69) is 57.8 Å². The maximum atomic E-state index is 5.43. The number of hydrogen-bond acceptors (Lipinski definition) is 5. The number of hydrogen-bond donors (Lipinski definition) is 1. The Morgan fingerprint density at radius 3 is 2.96 bits per heavy atom. The van der Waals surface area contributed by atoms with Gasteiger partial charge < -0.3 is 10.1 Å². The number of nitrogens with zero attached hydrogens (tertiary/aromatic N) is 5. The summed E-state index contributed by atoms with van der Waals surface area (Å²) in [6.45, 7) is 3.60. The topological polar surface area (TPSA) is 69.3 Å². The van der Waals surface area contributed by atoms with Crippen LogP contribution in [-0.4, -0.2) is 37.6 Å². The lowest BCUT2D eigenvalue weighted by Crippen LogP contribution is -2.08. The average molecular weight is 360 g/mol. The number of fused-ring (bicyclic) bond motifs is 1. The molecular weight excluding hydrogens is 340 g/mol. The molecule has 1 aromatic carbocycles. The third-order valence-corrected chi connectivity index (χ3v) is 4.81. The first-order valence-corrected chi connectivity index (χ1v) is 9.08. The summed E-state index contributed by atoms with van der Waals surface area (Å²) in [7, 11) is 0. The average Bonchev–Trinajstić information content (AvgIpc) is 3.41. The number of anilines is 2. The Kier molecular flexibility index (Phi) is 3.86. The van der Waals surface area contributed by atoms with E-state index < -0.39 is 0 Å². The molecule has 4 aromatic rings. The van der Waals surface area contributed by atoms with E-state index in [1.807, 2.05) is 27.5 Å². The second-order valence-corrected chi connectivity index (χ2v) is 6.84. The molecule has 136 valence electrons. The van der Waals surface area contributed by atoms with Crippen LogP contribution in [0.15, 0.2) is 54.9 Å². The van der Waals surface area contributed by atoms with Gasteiger partial charge >= 0.3 is 0 Å². The van der Waals surface area contributed by atoms with Gasteiger partial charge in [-0.3, -0.25) is 4.68 Å². The monoisotopic (exact) mass is 360 g/mol. The van der Waals surface area contributed by atoms with Crippen molar-refractivity contribution in [1.29, 1.82) is 0 Å². The van der Waals surface area contributed by atoms with Gasteiger partial charge in [-0.2, -0.15) is 10.1 Å². The lowest BCUT2D eigenvalue weighted by molar-refractivity contribution is 0.184. The second kappa shape index (κ2) is 6.51. The molecule has 7 nitrogen and oxygen atoms in total. The Labute approximate surface area is 156 Å². The normalized spacial score (nSPS) is 16.9. The predicted octanol–water partition coefficient (Wildman–Crippen LogP) is 3.61. The van der Waals surface area contributed by atoms with Crippen molar-refractivity contribution >= 4 is 17.3 Å². The number of rotatable bonds is 4. The van der Waals surface area contributed by atoms with Gasteiger partial charge in [-0.05, 0) is 31.5 Å². The molecule has 0 amide bonds. The largest absolute Gasteiger partial charge is 0.379 e. The van der Waals surface area contributed by atoms with E-state index in [0.29, 0.717) is 18.6 Å². The molecule has 1 unspecified atom stereocenters. The Balaban J connectivity index is 1.46. The number of pyridine rings is 1. The van der Waals surface area contributed by atoms with Crippen LogP contribution in [0.2, 0.25) is 0 Å². The van der Waals surface area contributed by atoms with E-state index >= 15 is 0 Å². The molecule has 3 aromatic heterocycles. The minimum atomic E-state index is 0.308. The highest BCUT2D eigenvalue weighted by Crippen LogP contribution is 2.24. The van der Waals surface area contributed by atoms with E-state index in [1.165, 1.54) is 5.56 Å². The van der Waals surface area contributed by atoms with Crippen LogP contribution >= 0.6 is 0 Å². The van der Waals surface area contributed by atoms with E-state index in [-0.39, 0.29) is 0 Å². The third kappa shape index (κ3) is 3.06. The quantitative estimate of drug-likeness (QED) is 0.602. The summed E-state index contributed by atoms with van der Waals surface area (Å²) in [5.41, 5.74) is 5.01. The van der Waals surface area contributed by atoms with Crippen molar-refractivity contribution in [1.82, 2.24) is 24.4 Å². The van der Waals surface area contributed by atoms with E-state index in [0.717, 1.165) is 35.6 Å². The summed E-state index contributed by atoms with van der Waals surface area (Å²) < 4.78 is 9.25. The Morgan fingerprint density at radius 2 is 2.11 bits per heavy atom. The van der Waals surface area contributed by atoms with Crippen LogP contribution in [0.4, 0.5) is 11.6 Å². The summed E-state index contributed by atoms with van der Waals surface area (Å²) in [5, 5.41) is 12.3. The van der Waals surface area contributed by atoms with E-state index in [9.17, 15) is 0 Å². The summed E-state index contributed by atoms with van der Waals surface area (Å²) in [6.07, 6.45) is 4.77. The number of aromatic nitrogens is 5. The van der Waals surface area contributed by atoms with Gasteiger partial charge in [0.15, 0.2) is 5.65 Å². The van der Waals surface area contributed by atoms with Gasteiger partial charge in [0.25, 0.3) is 0 Å². The molecule has 4 heterocycles. The Morgan fingerprint density at radius 1 is 1.19 bits per heavy atom. The molecule has 0 aliphatic carbocycles. The minimum Gasteiger partial charge on any atom is -0.379 e. The van der Waals surface area contributed by atoms with Crippen molar-refractivity contribution in [2.24, 2.45) is 0 Å². The molecule has 7 heteroatoms. The fourth-order valence-corrected chi connectivity index (χ4v) is 3.44. The lowest BCUT2D eigenvalue weighted by Gasteiger charge is -2.06. The fraction of sp³-hybridized carbons (Fsp3) is 0.250. The molecule has 1 saturated heterocycles. The Hall–Kier alpha value is -3.19. The van der Waals surface area contributed by atoms with Crippen LogP contribution in [0.1, 0.15) is 18.0 Å². The first-order valence-electron chi connectivity index (χ1n) is 9.08. The van der Waals surface area contributed by atoms with Crippen molar-refractivity contribution < 1.29 is 4.74 Å². The molecule has 0 bridgehead atoms. The fourth-order valence-electron chi connectivity index (χ4n) is 3.44. The van der Waals surface area contributed by atoms with E-state index in [4.69, 9.17) is 4.74 Å². The van der Waals surface area contributed by atoms with Crippen molar-refractivity contribution in [2.45, 2.75) is 19.4 Å². The molecule has 1 N–H and O–H groups in total. The highest BCUT2D eigenvalue weighted by atomic mass is 16.5. The van der Waals surface area contributed by atoms with Crippen LogP contribution in [0, 0.1) is 6.92 Å². The highest BCUT2D eigenvalue weighted by molar-refractivity contribution is 5.65. The molecular formula is C20H20N6O. The van der Waals surface area contributed by atoms with Gasteiger partial charge in [0, 0.05) is 18.4 Å². The van der Waals surface area contributed by atoms with Gasteiger partial charge in [0.05, 0.1) is 30.2 Å². The van der Waals surface area contributed by atoms with Crippen molar-refractivity contribution in [2.75, 3.05) is 18.5 Å². The number of nitrogens with one attached hydrogen (secondary N) is 1. The maximum absolute atomic E-state index is 5.43. The molecule has 1 aliphatic heterocycles. The van der Waals surface area contributed by atoms with Crippen molar-refractivity contribution in [3.63, 3.8) is 0 Å². The molecule has 1 fully saturated rings. The first-order chi connectivity index (χ1) is 13.3. The van der Waals surface area contributed by atoms with Crippen molar-refractivity contribution in [3.05, 3.63) is 60.4 Å². The number of benzene rings is 1. The zero-order valence-electron chi connectivity index (χ0n) is 15.0. The summed E-state index contributed by atoms with van der Waals surface area (Å²) >= 11 is 0. The predicted molar refractivity (Wildman–Crippen MR) is 103 cm³/mol. The van der Waals surface area contributed by atoms with Gasteiger partial charge in [0.2, 0.25) is 5.95 Å². The van der Waals surface area contributed by atoms with Gasteiger partial charge in [-0.25, -0.2) is 4.52 Å². The summed E-state index contributed by atoms with van der Waals surface area (Å²) in [6, 6.07) is 14.7. The molecule has 27 heavy (non-hydrogen) atoms. The lowest BCUT2D eigenvalue weighted by atomic mass is 10.1. The molecule has 0 spiro atoms. The van der Waals surface area contributed by atoms with Crippen LogP contribution < -0.4 is 5.32 Å². The standard InChI is InChI=1S/C20H20N6O/c1-14-4-2-5-15(10-14)18-6-3-7-19-23-20(24-26(18)19)22-16-11-21-25(12-16)17-8-9-27-13-17/h2-7,10-12,17H,8-9,13H2,1H3,(H,22,24).